The average molecular weight is 577 g/mol. The molecule has 8 heteroatoms. The fourth-order valence-corrected chi connectivity index (χ4v) is 8.63. The van der Waals surface area contributed by atoms with Crippen LogP contribution in [0.25, 0.3) is 0 Å². The van der Waals surface area contributed by atoms with E-state index >= 15 is 0 Å². The zero-order valence-electron chi connectivity index (χ0n) is 25.0. The quantitative estimate of drug-likeness (QED) is 0.239. The Labute approximate surface area is 248 Å². The van der Waals surface area contributed by atoms with E-state index in [-0.39, 0.29) is 24.0 Å². The number of nitrogens with one attached hydrogen (secondary N) is 1. The maximum Gasteiger partial charge on any atom is 0.331 e. The van der Waals surface area contributed by atoms with Crippen LogP contribution in [0.3, 0.4) is 0 Å². The highest BCUT2D eigenvalue weighted by Crippen LogP contribution is 2.67. The van der Waals surface area contributed by atoms with Crippen molar-refractivity contribution in [3.05, 3.63) is 47.5 Å². The Morgan fingerprint density at radius 2 is 1.86 bits per heavy atom. The first-order chi connectivity index (χ1) is 20.1. The monoisotopic (exact) mass is 576 g/mol. The molecule has 8 nitrogen and oxygen atoms in total. The number of nitrogens with zero attached hydrogens (tertiary/aromatic N) is 1. The van der Waals surface area contributed by atoms with Crippen LogP contribution in [-0.4, -0.2) is 52.7 Å². The van der Waals surface area contributed by atoms with Gasteiger partial charge in [0, 0.05) is 5.41 Å². The van der Waals surface area contributed by atoms with Gasteiger partial charge in [-0.2, -0.15) is 0 Å². The molecular formula is C34H44N2O6. The Morgan fingerprint density at radius 1 is 1.12 bits per heavy atom. The van der Waals surface area contributed by atoms with Crippen molar-refractivity contribution in [2.75, 3.05) is 13.2 Å². The van der Waals surface area contributed by atoms with Crippen LogP contribution < -0.4 is 5.32 Å². The molecule has 0 aromatic heterocycles. The predicted molar refractivity (Wildman–Crippen MR) is 159 cm³/mol. The summed E-state index contributed by atoms with van der Waals surface area (Å²) in [5.41, 5.74) is 1.57. The Morgan fingerprint density at radius 3 is 2.57 bits per heavy atom. The summed E-state index contributed by atoms with van der Waals surface area (Å²) in [6.45, 7) is 6.01. The largest absolute Gasteiger partial charge is 0.464 e. The van der Waals surface area contributed by atoms with Crippen molar-refractivity contribution >= 4 is 17.6 Å². The van der Waals surface area contributed by atoms with Gasteiger partial charge in [0.1, 0.15) is 11.7 Å². The summed E-state index contributed by atoms with van der Waals surface area (Å²) < 4.78 is 5.08. The van der Waals surface area contributed by atoms with Crippen molar-refractivity contribution in [2.45, 2.75) is 89.9 Å². The third-order valence-corrected chi connectivity index (χ3v) is 11.1. The van der Waals surface area contributed by atoms with E-state index in [1.807, 2.05) is 0 Å². The van der Waals surface area contributed by atoms with Crippen LogP contribution >= 0.6 is 0 Å². The molecule has 0 aliphatic heterocycles. The van der Waals surface area contributed by atoms with E-state index in [4.69, 9.17) is 16.0 Å². The van der Waals surface area contributed by atoms with Crippen molar-refractivity contribution in [1.82, 2.24) is 5.32 Å². The molecule has 3 saturated carbocycles. The van der Waals surface area contributed by atoms with E-state index in [9.17, 15) is 19.8 Å². The first-order valence-electron chi connectivity index (χ1n) is 15.4. The normalized spacial score (nSPS) is 35.9. The number of aliphatic hydroxyl groups is 2. The van der Waals surface area contributed by atoms with Gasteiger partial charge in [-0.05, 0) is 93.1 Å². The number of allylic oxidation sites excluding steroid dienone is 2. The van der Waals surface area contributed by atoms with Gasteiger partial charge in [0.05, 0.1) is 12.3 Å². The molecule has 0 bridgehead atoms. The molecule has 5 rings (SSSR count). The molecular weight excluding hydrogens is 532 g/mol. The SMILES string of the molecule is C#CC1(O)CCC2C3CCC4=CC(=NOCC(=O)NC(C(=O)OCC)C(O)c5ccccc5)CCC4(C)C3CCC21C. The maximum absolute atomic E-state index is 12.7. The van der Waals surface area contributed by atoms with Gasteiger partial charge in [0.25, 0.3) is 5.91 Å². The molecule has 4 aliphatic rings. The van der Waals surface area contributed by atoms with E-state index in [2.05, 4.69) is 36.3 Å². The van der Waals surface area contributed by atoms with E-state index in [0.717, 1.165) is 50.7 Å². The number of esters is 1. The summed E-state index contributed by atoms with van der Waals surface area (Å²) in [5, 5.41) is 28.8. The Bertz CT molecular complexity index is 1290. The molecule has 3 fully saturated rings. The molecule has 1 aromatic carbocycles. The number of ether oxygens (including phenoxy) is 1. The Kier molecular flexibility index (Phi) is 8.55. The number of hydrogen-bond acceptors (Lipinski definition) is 7. The van der Waals surface area contributed by atoms with Crippen LogP contribution in [0.4, 0.5) is 0 Å². The average Bonchev–Trinajstić information content (AvgIpc) is 3.27. The molecule has 42 heavy (non-hydrogen) atoms. The number of carbonyl (C=O) groups excluding carboxylic acids is 2. The fraction of sp³-hybridized carbons (Fsp3) is 0.618. The molecule has 8 unspecified atom stereocenters. The van der Waals surface area contributed by atoms with Crippen molar-refractivity contribution < 1.29 is 29.4 Å². The van der Waals surface area contributed by atoms with Crippen LogP contribution in [0.2, 0.25) is 0 Å². The smallest absolute Gasteiger partial charge is 0.331 e. The Balaban J connectivity index is 1.21. The summed E-state index contributed by atoms with van der Waals surface area (Å²) >= 11 is 0. The number of amides is 1. The van der Waals surface area contributed by atoms with E-state index in [0.29, 0.717) is 29.7 Å². The lowest BCUT2D eigenvalue weighted by atomic mass is 9.46. The third-order valence-electron chi connectivity index (χ3n) is 11.1. The molecule has 0 heterocycles. The van der Waals surface area contributed by atoms with Crippen molar-refractivity contribution in [3.8, 4) is 12.3 Å². The second-order valence-corrected chi connectivity index (χ2v) is 13.0. The number of rotatable bonds is 8. The van der Waals surface area contributed by atoms with Gasteiger partial charge >= 0.3 is 5.97 Å². The van der Waals surface area contributed by atoms with E-state index in [1.54, 1.807) is 37.3 Å². The summed E-state index contributed by atoms with van der Waals surface area (Å²) in [6.07, 6.45) is 14.2. The summed E-state index contributed by atoms with van der Waals surface area (Å²) in [4.78, 5) is 30.6. The zero-order valence-corrected chi connectivity index (χ0v) is 25.0. The minimum absolute atomic E-state index is 0.0813. The van der Waals surface area contributed by atoms with Gasteiger partial charge in [0.2, 0.25) is 0 Å². The number of carbonyl (C=O) groups is 2. The third kappa shape index (κ3) is 5.26. The van der Waals surface area contributed by atoms with Gasteiger partial charge in [-0.25, -0.2) is 4.79 Å². The number of oxime groups is 1. The lowest BCUT2D eigenvalue weighted by Crippen LogP contribution is -2.54. The number of aliphatic hydroxyl groups excluding tert-OH is 1. The molecule has 1 amide bonds. The molecule has 0 saturated heterocycles. The highest BCUT2D eigenvalue weighted by atomic mass is 16.6. The van der Waals surface area contributed by atoms with Crippen LogP contribution in [0.5, 0.6) is 0 Å². The summed E-state index contributed by atoms with van der Waals surface area (Å²) in [6, 6.07) is 7.39. The number of fused-ring (bicyclic) bond motifs is 5. The topological polar surface area (TPSA) is 117 Å². The maximum atomic E-state index is 12.7. The summed E-state index contributed by atoms with van der Waals surface area (Å²) in [5.74, 6) is 3.03. The van der Waals surface area contributed by atoms with Crippen LogP contribution in [0.1, 0.15) is 83.8 Å². The van der Waals surface area contributed by atoms with Gasteiger partial charge in [0.15, 0.2) is 12.6 Å². The van der Waals surface area contributed by atoms with Gasteiger partial charge in [-0.3, -0.25) is 4.79 Å². The van der Waals surface area contributed by atoms with E-state index in [1.165, 1.54) is 5.57 Å². The van der Waals surface area contributed by atoms with Crippen molar-refractivity contribution in [3.63, 3.8) is 0 Å². The van der Waals surface area contributed by atoms with Crippen LogP contribution in [0, 0.1) is 40.9 Å². The molecule has 3 N–H and O–H groups in total. The number of benzene rings is 1. The minimum Gasteiger partial charge on any atom is -0.464 e. The molecule has 1 aromatic rings. The lowest BCUT2D eigenvalue weighted by molar-refractivity contribution is -0.151. The fourth-order valence-electron chi connectivity index (χ4n) is 8.63. The van der Waals surface area contributed by atoms with Gasteiger partial charge in [-0.1, -0.05) is 60.8 Å². The number of hydrogen-bond donors (Lipinski definition) is 3. The van der Waals surface area contributed by atoms with Crippen molar-refractivity contribution in [1.29, 1.82) is 0 Å². The minimum atomic E-state index is -1.27. The zero-order chi connectivity index (χ0) is 30.1. The molecule has 226 valence electrons. The lowest BCUT2D eigenvalue weighted by Gasteiger charge is -2.58. The summed E-state index contributed by atoms with van der Waals surface area (Å²) in [7, 11) is 0. The van der Waals surface area contributed by atoms with Crippen LogP contribution in [-0.2, 0) is 19.2 Å². The Hall–Kier alpha value is -3.15. The molecule has 4 aliphatic carbocycles. The molecule has 8 atom stereocenters. The van der Waals surface area contributed by atoms with Gasteiger partial charge in [-0.15, -0.1) is 6.42 Å². The van der Waals surface area contributed by atoms with Crippen molar-refractivity contribution in [2.24, 2.45) is 33.7 Å². The molecule has 0 spiro atoms. The van der Waals surface area contributed by atoms with Gasteiger partial charge < -0.3 is 25.1 Å². The van der Waals surface area contributed by atoms with Crippen LogP contribution in [0.15, 0.2) is 47.1 Å². The highest BCUT2D eigenvalue weighted by molar-refractivity contribution is 5.96. The standard InChI is InChI=1S/C34H44N2O6/c1-5-34(40)19-16-27-25-13-12-23-20-24(14-17-32(23,3)26(25)15-18-33(27,34)4)36-42-21-28(37)35-29(31(39)41-6-2)30(38)22-10-8-7-9-11-22/h1,7-11,20,25-27,29-30,38,40H,6,12-19,21H2,2-4H3,(H,35,37). The second-order valence-electron chi connectivity index (χ2n) is 13.0. The first kappa shape index (κ1) is 30.3. The predicted octanol–water partition coefficient (Wildman–Crippen LogP) is 4.47. The highest BCUT2D eigenvalue weighted by Gasteiger charge is 2.63. The van der Waals surface area contributed by atoms with E-state index < -0.39 is 29.6 Å². The molecule has 0 radical (unpaired) electrons. The second kappa shape index (κ2) is 11.9. The number of terminal acetylenes is 1. The first-order valence-corrected chi connectivity index (χ1v) is 15.4.